The van der Waals surface area contributed by atoms with E-state index in [1.165, 1.54) is 0 Å². The average Bonchev–Trinajstić information content (AvgIpc) is 2.84. The Labute approximate surface area is 101 Å². The molecule has 4 nitrogen and oxygen atoms in total. The maximum atomic E-state index is 10.2. The molecule has 2 aromatic heterocycles. The van der Waals surface area contributed by atoms with E-state index >= 15 is 0 Å². The minimum absolute atomic E-state index is 0.532. The normalized spacial score (nSPS) is 12.9. The fourth-order valence-electron chi connectivity index (χ4n) is 2.09. The Balaban J connectivity index is 2.18. The highest BCUT2D eigenvalue weighted by Crippen LogP contribution is 2.22. The molecule has 0 aromatic carbocycles. The molecule has 0 aliphatic carbocycles. The van der Waals surface area contributed by atoms with E-state index < -0.39 is 6.10 Å². The number of aromatic nitrogens is 2. The van der Waals surface area contributed by atoms with Gasteiger partial charge in [0.05, 0.1) is 18.1 Å². The molecule has 0 saturated heterocycles. The van der Waals surface area contributed by atoms with Crippen molar-refractivity contribution in [2.24, 2.45) is 0 Å². The van der Waals surface area contributed by atoms with Crippen LogP contribution in [0.25, 0.3) is 0 Å². The zero-order chi connectivity index (χ0) is 12.4. The van der Waals surface area contributed by atoms with Crippen molar-refractivity contribution in [3.8, 4) is 0 Å². The van der Waals surface area contributed by atoms with Crippen LogP contribution >= 0.6 is 0 Å². The van der Waals surface area contributed by atoms with Gasteiger partial charge in [-0.3, -0.25) is 4.68 Å². The van der Waals surface area contributed by atoms with E-state index in [-0.39, 0.29) is 0 Å². The van der Waals surface area contributed by atoms with Gasteiger partial charge in [0.25, 0.3) is 0 Å². The number of aliphatic hydroxyl groups excluding tert-OH is 1. The molecule has 1 N–H and O–H groups in total. The second-order valence-electron chi connectivity index (χ2n) is 4.24. The van der Waals surface area contributed by atoms with E-state index in [1.807, 2.05) is 37.6 Å². The lowest BCUT2D eigenvalue weighted by atomic mass is 10.1. The lowest BCUT2D eigenvalue weighted by Crippen LogP contribution is -2.08. The number of furan rings is 1. The Hall–Kier alpha value is -1.55. The lowest BCUT2D eigenvalue weighted by Gasteiger charge is -2.10. The molecule has 0 aliphatic heterocycles. The van der Waals surface area contributed by atoms with Crippen LogP contribution in [0.4, 0.5) is 0 Å². The summed E-state index contributed by atoms with van der Waals surface area (Å²) < 4.78 is 7.13. The SMILES string of the molecule is CCn1nc(C)cc1CC(O)c1ccoc1C. The first-order valence-electron chi connectivity index (χ1n) is 5.87. The Morgan fingerprint density at radius 3 is 2.82 bits per heavy atom. The van der Waals surface area contributed by atoms with Gasteiger partial charge in [-0.25, -0.2) is 0 Å². The highest BCUT2D eigenvalue weighted by Gasteiger charge is 2.16. The van der Waals surface area contributed by atoms with Gasteiger partial charge in [-0.2, -0.15) is 5.10 Å². The average molecular weight is 234 g/mol. The largest absolute Gasteiger partial charge is 0.469 e. The number of aryl methyl sites for hydroxylation is 3. The molecule has 2 rings (SSSR count). The number of rotatable bonds is 4. The van der Waals surface area contributed by atoms with Crippen molar-refractivity contribution in [2.75, 3.05) is 0 Å². The fraction of sp³-hybridized carbons (Fsp3) is 0.462. The molecule has 0 spiro atoms. The van der Waals surface area contributed by atoms with E-state index in [4.69, 9.17) is 4.42 Å². The molecular weight excluding hydrogens is 216 g/mol. The second kappa shape index (κ2) is 4.75. The van der Waals surface area contributed by atoms with E-state index in [1.54, 1.807) is 6.26 Å². The summed E-state index contributed by atoms with van der Waals surface area (Å²) in [7, 11) is 0. The summed E-state index contributed by atoms with van der Waals surface area (Å²) in [6.07, 6.45) is 1.64. The van der Waals surface area contributed by atoms with Crippen LogP contribution in [0.5, 0.6) is 0 Å². The third-order valence-electron chi connectivity index (χ3n) is 2.95. The molecular formula is C13H18N2O2. The van der Waals surface area contributed by atoms with Crippen molar-refractivity contribution >= 4 is 0 Å². The molecule has 0 saturated carbocycles. The quantitative estimate of drug-likeness (QED) is 0.883. The first-order chi connectivity index (χ1) is 8.11. The molecule has 17 heavy (non-hydrogen) atoms. The van der Waals surface area contributed by atoms with Crippen LogP contribution in [0.15, 0.2) is 22.8 Å². The zero-order valence-corrected chi connectivity index (χ0v) is 10.5. The first kappa shape index (κ1) is 11.9. The topological polar surface area (TPSA) is 51.2 Å². The van der Waals surface area contributed by atoms with Crippen molar-refractivity contribution < 1.29 is 9.52 Å². The minimum atomic E-state index is -0.532. The summed E-state index contributed by atoms with van der Waals surface area (Å²) in [6, 6.07) is 3.83. The summed E-state index contributed by atoms with van der Waals surface area (Å²) in [5, 5.41) is 14.5. The maximum absolute atomic E-state index is 10.2. The predicted octanol–water partition coefficient (Wildman–Crippen LogP) is 2.39. The van der Waals surface area contributed by atoms with E-state index in [2.05, 4.69) is 5.10 Å². The van der Waals surface area contributed by atoms with E-state index in [0.717, 1.165) is 29.3 Å². The smallest absolute Gasteiger partial charge is 0.106 e. The van der Waals surface area contributed by atoms with Crippen molar-refractivity contribution in [1.29, 1.82) is 0 Å². The third kappa shape index (κ3) is 2.42. The summed E-state index contributed by atoms with van der Waals surface area (Å²) >= 11 is 0. The monoisotopic (exact) mass is 234 g/mol. The van der Waals surface area contributed by atoms with Crippen LogP contribution in [-0.4, -0.2) is 14.9 Å². The second-order valence-corrected chi connectivity index (χ2v) is 4.24. The van der Waals surface area contributed by atoms with E-state index in [9.17, 15) is 5.11 Å². The first-order valence-corrected chi connectivity index (χ1v) is 5.87. The van der Waals surface area contributed by atoms with E-state index in [0.29, 0.717) is 6.42 Å². The van der Waals surface area contributed by atoms with Gasteiger partial charge in [-0.15, -0.1) is 0 Å². The van der Waals surface area contributed by atoms with Crippen LogP contribution in [0.2, 0.25) is 0 Å². The highest BCUT2D eigenvalue weighted by atomic mass is 16.3. The summed E-state index contributed by atoms with van der Waals surface area (Å²) in [5.41, 5.74) is 2.89. The molecule has 0 aliphatic rings. The van der Waals surface area contributed by atoms with Gasteiger partial charge in [-0.05, 0) is 32.9 Å². The molecule has 92 valence electrons. The molecule has 0 radical (unpaired) electrons. The maximum Gasteiger partial charge on any atom is 0.106 e. The third-order valence-corrected chi connectivity index (χ3v) is 2.95. The van der Waals surface area contributed by atoms with Gasteiger partial charge in [0.2, 0.25) is 0 Å². The van der Waals surface area contributed by atoms with Gasteiger partial charge >= 0.3 is 0 Å². The molecule has 2 heterocycles. The van der Waals surface area contributed by atoms with Crippen molar-refractivity contribution in [3.05, 3.63) is 41.1 Å². The Morgan fingerprint density at radius 2 is 2.24 bits per heavy atom. The molecule has 4 heteroatoms. The predicted molar refractivity (Wildman–Crippen MR) is 64.7 cm³/mol. The van der Waals surface area contributed by atoms with Crippen molar-refractivity contribution in [1.82, 2.24) is 9.78 Å². The van der Waals surface area contributed by atoms with Crippen LogP contribution in [0.3, 0.4) is 0 Å². The lowest BCUT2D eigenvalue weighted by molar-refractivity contribution is 0.173. The van der Waals surface area contributed by atoms with Gasteiger partial charge in [0.1, 0.15) is 5.76 Å². The van der Waals surface area contributed by atoms with Crippen molar-refractivity contribution in [3.63, 3.8) is 0 Å². The Morgan fingerprint density at radius 1 is 1.47 bits per heavy atom. The Bertz CT molecular complexity index is 499. The highest BCUT2D eigenvalue weighted by molar-refractivity contribution is 5.21. The molecule has 1 atom stereocenters. The molecule has 0 amide bonds. The standard InChI is InChI=1S/C13H18N2O2/c1-4-15-11(7-9(2)14-15)8-13(16)12-5-6-17-10(12)3/h5-7,13,16H,4,8H2,1-3H3. The number of hydrogen-bond acceptors (Lipinski definition) is 3. The minimum Gasteiger partial charge on any atom is -0.469 e. The van der Waals surface area contributed by atoms with Crippen LogP contribution in [0.1, 0.15) is 35.7 Å². The molecule has 0 bridgehead atoms. The summed E-state index contributed by atoms with van der Waals surface area (Å²) in [4.78, 5) is 0. The number of aliphatic hydroxyl groups is 1. The van der Waals surface area contributed by atoms with Crippen LogP contribution in [-0.2, 0) is 13.0 Å². The van der Waals surface area contributed by atoms with Gasteiger partial charge in [0, 0.05) is 24.2 Å². The number of hydrogen-bond donors (Lipinski definition) is 1. The zero-order valence-electron chi connectivity index (χ0n) is 10.5. The molecule has 1 unspecified atom stereocenters. The fourth-order valence-corrected chi connectivity index (χ4v) is 2.09. The van der Waals surface area contributed by atoms with Gasteiger partial charge < -0.3 is 9.52 Å². The van der Waals surface area contributed by atoms with Crippen LogP contribution in [0, 0.1) is 13.8 Å². The summed E-state index contributed by atoms with van der Waals surface area (Å²) in [6.45, 7) is 6.69. The number of nitrogens with zero attached hydrogens (tertiary/aromatic N) is 2. The molecule has 0 fully saturated rings. The summed E-state index contributed by atoms with van der Waals surface area (Å²) in [5.74, 6) is 0.775. The van der Waals surface area contributed by atoms with Gasteiger partial charge in [0.15, 0.2) is 0 Å². The van der Waals surface area contributed by atoms with Crippen molar-refractivity contribution in [2.45, 2.75) is 39.8 Å². The van der Waals surface area contributed by atoms with Crippen LogP contribution < -0.4 is 0 Å². The Kier molecular flexibility index (Phi) is 3.33. The molecule has 2 aromatic rings. The van der Waals surface area contributed by atoms with Gasteiger partial charge in [-0.1, -0.05) is 0 Å².